The monoisotopic (exact) mass is 424 g/mol. The molecule has 0 N–H and O–H groups in total. The molecule has 0 unspecified atom stereocenters. The highest BCUT2D eigenvalue weighted by Gasteiger charge is 2.02. The van der Waals surface area contributed by atoms with Crippen molar-refractivity contribution in [3.05, 3.63) is 55.5 Å². The van der Waals surface area contributed by atoms with E-state index in [4.69, 9.17) is 11.6 Å². The fraction of sp³-hybridized carbons (Fsp3) is 0. The lowest BCUT2D eigenvalue weighted by Gasteiger charge is -2.04. The van der Waals surface area contributed by atoms with Gasteiger partial charge in [0.15, 0.2) is 0 Å². The summed E-state index contributed by atoms with van der Waals surface area (Å²) in [6, 6.07) is 14.2. The van der Waals surface area contributed by atoms with Crippen LogP contribution in [0.4, 0.5) is 0 Å². The Labute approximate surface area is 126 Å². The SMILES string of the molecule is Clc1ccc(Sc2ccc(Br)cc2)c(I)c1. The molecule has 16 heavy (non-hydrogen) atoms. The summed E-state index contributed by atoms with van der Waals surface area (Å²) in [5, 5.41) is 0.782. The molecule has 82 valence electrons. The first-order chi connectivity index (χ1) is 7.65. The third kappa shape index (κ3) is 3.39. The summed E-state index contributed by atoms with van der Waals surface area (Å²) < 4.78 is 2.28. The molecule has 0 spiro atoms. The molecule has 2 aromatic carbocycles. The Hall–Kier alpha value is 0.290. The molecule has 0 nitrogen and oxygen atoms in total. The van der Waals surface area contributed by atoms with Gasteiger partial charge in [0.25, 0.3) is 0 Å². The molecule has 0 fully saturated rings. The average molecular weight is 426 g/mol. The highest BCUT2D eigenvalue weighted by molar-refractivity contribution is 14.1. The largest absolute Gasteiger partial charge is 0.0890 e. The van der Waals surface area contributed by atoms with Crippen molar-refractivity contribution >= 4 is 61.9 Å². The van der Waals surface area contributed by atoms with Crippen molar-refractivity contribution in [1.82, 2.24) is 0 Å². The van der Waals surface area contributed by atoms with E-state index in [1.54, 1.807) is 11.8 Å². The van der Waals surface area contributed by atoms with Crippen LogP contribution in [0.3, 0.4) is 0 Å². The molecular formula is C12H7BrClIS. The van der Waals surface area contributed by atoms with E-state index in [2.05, 4.69) is 56.7 Å². The van der Waals surface area contributed by atoms with E-state index in [9.17, 15) is 0 Å². The molecule has 0 radical (unpaired) electrons. The first kappa shape index (κ1) is 12.7. The summed E-state index contributed by atoms with van der Waals surface area (Å²) in [6.07, 6.45) is 0. The molecule has 2 rings (SSSR count). The number of halogens is 3. The quantitative estimate of drug-likeness (QED) is 0.543. The Morgan fingerprint density at radius 3 is 2.38 bits per heavy atom. The van der Waals surface area contributed by atoms with Crippen LogP contribution in [0.1, 0.15) is 0 Å². The maximum atomic E-state index is 5.92. The van der Waals surface area contributed by atoms with Crippen LogP contribution in [-0.4, -0.2) is 0 Å². The Kier molecular flexibility index (Phi) is 4.58. The number of hydrogen-bond acceptors (Lipinski definition) is 1. The Bertz CT molecular complexity index is 499. The van der Waals surface area contributed by atoms with Gasteiger partial charge >= 0.3 is 0 Å². The average Bonchev–Trinajstić information content (AvgIpc) is 2.25. The van der Waals surface area contributed by atoms with Gasteiger partial charge in [0.05, 0.1) is 0 Å². The van der Waals surface area contributed by atoms with E-state index >= 15 is 0 Å². The summed E-state index contributed by atoms with van der Waals surface area (Å²) in [4.78, 5) is 2.45. The smallest absolute Gasteiger partial charge is 0.0417 e. The molecule has 0 aromatic heterocycles. The summed E-state index contributed by atoms with van der Waals surface area (Å²) in [6.45, 7) is 0. The van der Waals surface area contributed by atoms with Gasteiger partial charge in [-0.15, -0.1) is 0 Å². The van der Waals surface area contributed by atoms with Gasteiger partial charge in [-0.3, -0.25) is 0 Å². The van der Waals surface area contributed by atoms with E-state index in [0.29, 0.717) is 0 Å². The number of hydrogen-bond donors (Lipinski definition) is 0. The van der Waals surface area contributed by atoms with Crippen molar-refractivity contribution in [2.45, 2.75) is 9.79 Å². The molecule has 0 saturated carbocycles. The predicted octanol–water partition coefficient (Wildman–Crippen LogP) is 5.86. The first-order valence-electron chi connectivity index (χ1n) is 4.53. The Morgan fingerprint density at radius 2 is 1.75 bits per heavy atom. The summed E-state index contributed by atoms with van der Waals surface area (Å²) in [5.74, 6) is 0. The molecule has 0 aliphatic heterocycles. The number of rotatable bonds is 2. The minimum absolute atomic E-state index is 0.782. The lowest BCUT2D eigenvalue weighted by molar-refractivity contribution is 1.37. The van der Waals surface area contributed by atoms with Gasteiger partial charge in [0.2, 0.25) is 0 Å². The first-order valence-corrected chi connectivity index (χ1v) is 7.60. The Balaban J connectivity index is 2.23. The van der Waals surface area contributed by atoms with E-state index < -0.39 is 0 Å². The van der Waals surface area contributed by atoms with Gasteiger partial charge in [-0.1, -0.05) is 39.3 Å². The van der Waals surface area contributed by atoms with Crippen LogP contribution in [0.5, 0.6) is 0 Å². The second kappa shape index (κ2) is 5.76. The maximum Gasteiger partial charge on any atom is 0.0417 e. The van der Waals surface area contributed by atoms with Crippen molar-refractivity contribution in [3.63, 3.8) is 0 Å². The third-order valence-corrected chi connectivity index (χ3v) is 5.04. The molecule has 0 amide bonds. The van der Waals surface area contributed by atoms with E-state index in [1.807, 2.05) is 24.3 Å². The van der Waals surface area contributed by atoms with Crippen LogP contribution in [0, 0.1) is 3.57 Å². The van der Waals surface area contributed by atoms with Gasteiger partial charge in [0.1, 0.15) is 0 Å². The van der Waals surface area contributed by atoms with E-state index in [1.165, 1.54) is 13.4 Å². The molecule has 0 heterocycles. The zero-order chi connectivity index (χ0) is 11.5. The van der Waals surface area contributed by atoms with Gasteiger partial charge in [0, 0.05) is 22.9 Å². The maximum absolute atomic E-state index is 5.92. The molecule has 0 saturated heterocycles. The fourth-order valence-corrected chi connectivity index (χ4v) is 3.47. The lowest BCUT2D eigenvalue weighted by atomic mass is 10.4. The topological polar surface area (TPSA) is 0 Å². The fourth-order valence-electron chi connectivity index (χ4n) is 1.19. The van der Waals surface area contributed by atoms with Gasteiger partial charge < -0.3 is 0 Å². The molecule has 0 atom stereocenters. The highest BCUT2D eigenvalue weighted by Crippen LogP contribution is 2.33. The predicted molar refractivity (Wildman–Crippen MR) is 82.4 cm³/mol. The zero-order valence-electron chi connectivity index (χ0n) is 8.08. The van der Waals surface area contributed by atoms with E-state index in [0.717, 1.165) is 9.50 Å². The van der Waals surface area contributed by atoms with Crippen molar-refractivity contribution < 1.29 is 0 Å². The second-order valence-electron chi connectivity index (χ2n) is 3.13. The highest BCUT2D eigenvalue weighted by atomic mass is 127. The normalized spacial score (nSPS) is 10.4. The van der Waals surface area contributed by atoms with Crippen LogP contribution >= 0.6 is 61.9 Å². The van der Waals surface area contributed by atoms with Crippen molar-refractivity contribution in [3.8, 4) is 0 Å². The molecule has 4 heteroatoms. The molecule has 2 aromatic rings. The van der Waals surface area contributed by atoms with Gasteiger partial charge in [-0.2, -0.15) is 0 Å². The van der Waals surface area contributed by atoms with Crippen LogP contribution in [0.25, 0.3) is 0 Å². The van der Waals surface area contributed by atoms with Gasteiger partial charge in [-0.25, -0.2) is 0 Å². The summed E-state index contributed by atoms with van der Waals surface area (Å²) >= 11 is 13.4. The minimum atomic E-state index is 0.782. The van der Waals surface area contributed by atoms with Crippen molar-refractivity contribution in [1.29, 1.82) is 0 Å². The van der Waals surface area contributed by atoms with Crippen LogP contribution in [0.15, 0.2) is 56.7 Å². The molecule has 0 aliphatic rings. The summed E-state index contributed by atoms with van der Waals surface area (Å²) in [5.41, 5.74) is 0. The molecule has 0 aliphatic carbocycles. The molecular weight excluding hydrogens is 418 g/mol. The van der Waals surface area contributed by atoms with Crippen molar-refractivity contribution in [2.75, 3.05) is 0 Å². The standard InChI is InChI=1S/C12H7BrClIS/c13-8-1-4-10(5-2-8)16-12-6-3-9(14)7-11(12)15/h1-7H. The molecule has 0 bridgehead atoms. The minimum Gasteiger partial charge on any atom is -0.0890 e. The van der Waals surface area contributed by atoms with Crippen LogP contribution in [-0.2, 0) is 0 Å². The van der Waals surface area contributed by atoms with Gasteiger partial charge in [-0.05, 0) is 65.1 Å². The second-order valence-corrected chi connectivity index (χ2v) is 6.76. The van der Waals surface area contributed by atoms with Crippen molar-refractivity contribution in [2.24, 2.45) is 0 Å². The van der Waals surface area contributed by atoms with E-state index in [-0.39, 0.29) is 0 Å². The Morgan fingerprint density at radius 1 is 1.06 bits per heavy atom. The lowest BCUT2D eigenvalue weighted by Crippen LogP contribution is -1.79. The van der Waals surface area contributed by atoms with Crippen LogP contribution in [0.2, 0.25) is 5.02 Å². The summed E-state index contributed by atoms with van der Waals surface area (Å²) in [7, 11) is 0. The number of benzene rings is 2. The zero-order valence-corrected chi connectivity index (χ0v) is 13.4. The third-order valence-electron chi connectivity index (χ3n) is 1.94. The van der Waals surface area contributed by atoms with Crippen LogP contribution < -0.4 is 0 Å².